The molecule has 2 N–H and O–H groups in total. The van der Waals surface area contributed by atoms with Gasteiger partial charge < -0.3 is 10.6 Å². The van der Waals surface area contributed by atoms with Crippen molar-refractivity contribution in [1.29, 1.82) is 0 Å². The van der Waals surface area contributed by atoms with E-state index in [0.29, 0.717) is 15.7 Å². The third kappa shape index (κ3) is 4.88. The van der Waals surface area contributed by atoms with Gasteiger partial charge >= 0.3 is 0 Å². The van der Waals surface area contributed by atoms with E-state index in [2.05, 4.69) is 29.7 Å². The van der Waals surface area contributed by atoms with Crippen molar-refractivity contribution >= 4 is 40.5 Å². The van der Waals surface area contributed by atoms with Gasteiger partial charge in [-0.1, -0.05) is 54.7 Å². The lowest BCUT2D eigenvalue weighted by Gasteiger charge is -2.17. The van der Waals surface area contributed by atoms with Crippen LogP contribution < -0.4 is 10.6 Å². The molecule has 0 fully saturated rings. The van der Waals surface area contributed by atoms with E-state index < -0.39 is 6.04 Å². The van der Waals surface area contributed by atoms with Crippen LogP contribution in [0.25, 0.3) is 0 Å². The predicted molar refractivity (Wildman–Crippen MR) is 98.6 cm³/mol. The Hall–Kier alpha value is -1.71. The average molecular weight is 351 g/mol. The monoisotopic (exact) mass is 350 g/mol. The summed E-state index contributed by atoms with van der Waals surface area (Å²) >= 11 is 12.1. The van der Waals surface area contributed by atoms with Gasteiger partial charge in [0, 0.05) is 5.69 Å². The van der Waals surface area contributed by atoms with E-state index in [-0.39, 0.29) is 5.91 Å². The van der Waals surface area contributed by atoms with Gasteiger partial charge in [-0.25, -0.2) is 0 Å². The van der Waals surface area contributed by atoms with Crippen LogP contribution in [-0.4, -0.2) is 11.9 Å². The fourth-order valence-electron chi connectivity index (χ4n) is 2.22. The normalized spacial score (nSPS) is 11.8. The van der Waals surface area contributed by atoms with Gasteiger partial charge in [0.25, 0.3) is 0 Å². The fourth-order valence-corrected chi connectivity index (χ4v) is 2.71. The largest absolute Gasteiger partial charge is 0.374 e. The summed E-state index contributed by atoms with van der Waals surface area (Å²) in [5.41, 5.74) is 2.63. The lowest BCUT2D eigenvalue weighted by atomic mass is 10.1. The van der Waals surface area contributed by atoms with Gasteiger partial charge in [0.2, 0.25) is 5.91 Å². The minimum absolute atomic E-state index is 0.197. The molecule has 0 aliphatic heterocycles. The third-order valence-electron chi connectivity index (χ3n) is 3.48. The zero-order chi connectivity index (χ0) is 16.8. The number of carbonyl (C=O) groups excluding carboxylic acids is 1. The van der Waals surface area contributed by atoms with Crippen molar-refractivity contribution in [2.24, 2.45) is 0 Å². The smallest absolute Gasteiger partial charge is 0.246 e. The highest BCUT2D eigenvalue weighted by Crippen LogP contribution is 2.29. The summed E-state index contributed by atoms with van der Waals surface area (Å²) < 4.78 is 0. The van der Waals surface area contributed by atoms with Crippen molar-refractivity contribution in [3.8, 4) is 0 Å². The zero-order valence-corrected chi connectivity index (χ0v) is 14.7. The molecule has 0 saturated heterocycles. The molecule has 0 aromatic heterocycles. The SMILES string of the molecule is CCCc1ccc(N[C@H](C)C(=O)Nc2c(Cl)cccc2Cl)cc1. The number of para-hydroxylation sites is 1. The summed E-state index contributed by atoms with van der Waals surface area (Å²) in [5, 5.41) is 6.77. The highest BCUT2D eigenvalue weighted by atomic mass is 35.5. The Balaban J connectivity index is 1.99. The number of hydrogen-bond donors (Lipinski definition) is 2. The molecule has 2 rings (SSSR count). The first-order chi connectivity index (χ1) is 11.0. The molecule has 3 nitrogen and oxygen atoms in total. The molecular weight excluding hydrogens is 331 g/mol. The van der Waals surface area contributed by atoms with Crippen LogP contribution >= 0.6 is 23.2 Å². The van der Waals surface area contributed by atoms with Crippen LogP contribution in [0.3, 0.4) is 0 Å². The first kappa shape index (κ1) is 17.6. The van der Waals surface area contributed by atoms with Crippen LogP contribution in [0.4, 0.5) is 11.4 Å². The first-order valence-electron chi connectivity index (χ1n) is 7.61. The predicted octanol–water partition coefficient (Wildman–Crippen LogP) is 5.39. The molecule has 0 heterocycles. The summed E-state index contributed by atoms with van der Waals surface area (Å²) in [6.45, 7) is 3.94. The number of aryl methyl sites for hydroxylation is 1. The maximum atomic E-state index is 12.3. The van der Waals surface area contributed by atoms with Crippen molar-refractivity contribution in [2.75, 3.05) is 10.6 Å². The average Bonchev–Trinajstić information content (AvgIpc) is 2.53. The highest BCUT2D eigenvalue weighted by molar-refractivity contribution is 6.39. The number of halogens is 2. The van der Waals surface area contributed by atoms with E-state index in [4.69, 9.17) is 23.2 Å². The van der Waals surface area contributed by atoms with Crippen molar-refractivity contribution in [2.45, 2.75) is 32.7 Å². The van der Waals surface area contributed by atoms with Gasteiger partial charge in [-0.2, -0.15) is 0 Å². The van der Waals surface area contributed by atoms with Crippen molar-refractivity contribution in [1.82, 2.24) is 0 Å². The summed E-state index contributed by atoms with van der Waals surface area (Å²) in [5.74, 6) is -0.197. The van der Waals surface area contributed by atoms with Gasteiger partial charge in [0.15, 0.2) is 0 Å². The Morgan fingerprint density at radius 3 is 2.26 bits per heavy atom. The molecular formula is C18H20Cl2N2O. The number of carbonyl (C=O) groups is 1. The summed E-state index contributed by atoms with van der Waals surface area (Å²) in [4.78, 5) is 12.3. The van der Waals surface area contributed by atoms with Crippen LogP contribution in [0, 0.1) is 0 Å². The second-order valence-electron chi connectivity index (χ2n) is 5.40. The molecule has 0 aliphatic carbocycles. The Labute approximate surface area is 147 Å². The van der Waals surface area contributed by atoms with Gasteiger partial charge in [-0.3, -0.25) is 4.79 Å². The van der Waals surface area contributed by atoms with E-state index in [1.165, 1.54) is 5.56 Å². The molecule has 5 heteroatoms. The number of amides is 1. The van der Waals surface area contributed by atoms with E-state index in [9.17, 15) is 4.79 Å². The molecule has 1 atom stereocenters. The fraction of sp³-hybridized carbons (Fsp3) is 0.278. The number of benzene rings is 2. The minimum Gasteiger partial charge on any atom is -0.374 e. The van der Waals surface area contributed by atoms with Crippen molar-refractivity contribution in [3.63, 3.8) is 0 Å². The highest BCUT2D eigenvalue weighted by Gasteiger charge is 2.15. The summed E-state index contributed by atoms with van der Waals surface area (Å²) in [7, 11) is 0. The maximum Gasteiger partial charge on any atom is 0.246 e. The summed E-state index contributed by atoms with van der Waals surface area (Å²) in [6, 6.07) is 12.8. The first-order valence-corrected chi connectivity index (χ1v) is 8.37. The molecule has 0 unspecified atom stereocenters. The van der Waals surface area contributed by atoms with Crippen molar-refractivity contribution < 1.29 is 4.79 Å². The minimum atomic E-state index is -0.417. The number of hydrogen-bond acceptors (Lipinski definition) is 2. The zero-order valence-electron chi connectivity index (χ0n) is 13.2. The molecule has 1 amide bonds. The van der Waals surface area contributed by atoms with Crippen LogP contribution in [0.5, 0.6) is 0 Å². The number of rotatable bonds is 6. The van der Waals surface area contributed by atoms with E-state index in [0.717, 1.165) is 18.5 Å². The van der Waals surface area contributed by atoms with Gasteiger partial charge in [-0.15, -0.1) is 0 Å². The molecule has 0 saturated carbocycles. The lowest BCUT2D eigenvalue weighted by Crippen LogP contribution is -2.32. The van der Waals surface area contributed by atoms with E-state index >= 15 is 0 Å². The van der Waals surface area contributed by atoms with Gasteiger partial charge in [0.1, 0.15) is 6.04 Å². The maximum absolute atomic E-state index is 12.3. The van der Waals surface area contributed by atoms with E-state index in [1.807, 2.05) is 12.1 Å². The number of anilines is 2. The Morgan fingerprint density at radius 2 is 1.70 bits per heavy atom. The Bertz CT molecular complexity index is 651. The topological polar surface area (TPSA) is 41.1 Å². The second-order valence-corrected chi connectivity index (χ2v) is 6.21. The Kier molecular flexibility index (Phi) is 6.31. The second kappa shape index (κ2) is 8.23. The summed E-state index contributed by atoms with van der Waals surface area (Å²) in [6.07, 6.45) is 2.17. The van der Waals surface area contributed by atoms with Crippen LogP contribution in [0.15, 0.2) is 42.5 Å². The number of nitrogens with one attached hydrogen (secondary N) is 2. The van der Waals surface area contributed by atoms with Crippen LogP contribution in [-0.2, 0) is 11.2 Å². The van der Waals surface area contributed by atoms with E-state index in [1.54, 1.807) is 25.1 Å². The molecule has 2 aromatic rings. The molecule has 122 valence electrons. The van der Waals surface area contributed by atoms with Gasteiger partial charge in [0.05, 0.1) is 15.7 Å². The van der Waals surface area contributed by atoms with Gasteiger partial charge in [-0.05, 0) is 43.2 Å². The van der Waals surface area contributed by atoms with Crippen molar-refractivity contribution in [3.05, 3.63) is 58.1 Å². The molecule has 0 spiro atoms. The molecule has 23 heavy (non-hydrogen) atoms. The molecule has 2 aromatic carbocycles. The van der Waals surface area contributed by atoms with Crippen LogP contribution in [0.1, 0.15) is 25.8 Å². The van der Waals surface area contributed by atoms with Crippen LogP contribution in [0.2, 0.25) is 10.0 Å². The molecule has 0 bridgehead atoms. The molecule has 0 radical (unpaired) electrons. The lowest BCUT2D eigenvalue weighted by molar-refractivity contribution is -0.116. The standard InChI is InChI=1S/C18H20Cl2N2O/c1-3-5-13-8-10-14(11-9-13)21-12(2)18(23)22-17-15(19)6-4-7-16(17)20/h4,6-12,21H,3,5H2,1-2H3,(H,22,23)/t12-/m1/s1. The Morgan fingerprint density at radius 1 is 1.09 bits per heavy atom. The third-order valence-corrected chi connectivity index (χ3v) is 4.11. The molecule has 0 aliphatic rings. The quantitative estimate of drug-likeness (QED) is 0.733.